The van der Waals surface area contributed by atoms with Gasteiger partial charge in [0.25, 0.3) is 0 Å². The van der Waals surface area contributed by atoms with Crippen molar-refractivity contribution in [3.63, 3.8) is 0 Å². The van der Waals surface area contributed by atoms with Gasteiger partial charge in [-0.2, -0.15) is 0 Å². The predicted molar refractivity (Wildman–Crippen MR) is 17.9 cm³/mol. The maximum atomic E-state index is 8.52. The summed E-state index contributed by atoms with van der Waals surface area (Å²) in [6.07, 6.45) is 0. The second-order valence-corrected chi connectivity index (χ2v) is 0.750. The molecule has 0 amide bonds. The van der Waals surface area contributed by atoms with E-state index >= 15 is 0 Å². The van der Waals surface area contributed by atoms with Crippen molar-refractivity contribution in [1.82, 2.24) is 0 Å². The summed E-state index contributed by atoms with van der Waals surface area (Å²) in [7, 11) is -3.63. The molecule has 0 aliphatic rings. The molecule has 0 aromatic carbocycles. The topological polar surface area (TPSA) is 63.2 Å². The molecule has 0 fully saturated rings. The van der Waals surface area contributed by atoms with Crippen molar-refractivity contribution in [2.45, 2.75) is 0 Å². The van der Waals surface area contributed by atoms with Gasteiger partial charge in [0.1, 0.15) is 0 Å². The molecule has 0 aliphatic carbocycles. The molecule has 7 heavy (non-hydrogen) atoms. The molecule has 0 aromatic rings. The van der Waals surface area contributed by atoms with E-state index in [2.05, 4.69) is 0 Å². The second-order valence-electron chi connectivity index (χ2n) is 0.250. The molecule has 0 heterocycles. The zero-order chi connectivity index (χ0) is 3.58. The first-order valence-electron chi connectivity index (χ1n) is 0.612. The van der Waals surface area contributed by atoms with Gasteiger partial charge in [-0.3, -0.25) is 0 Å². The zero-order valence-electron chi connectivity index (χ0n) is 3.36. The van der Waals surface area contributed by atoms with E-state index in [1.165, 1.54) is 0 Å². The van der Waals surface area contributed by atoms with Crippen LogP contribution in [-0.2, 0) is 21.5 Å². The van der Waals surface area contributed by atoms with E-state index in [1.807, 2.05) is 0 Å². The molecular formula is AlFeMgO3Si+5. The Balaban J connectivity index is -0.0000000150. The standard InChI is InChI=1S/Al.Fe.Mg.O3Si/c;;;1-4(2)3/q+3;2*+2;-2. The third-order valence-electron chi connectivity index (χ3n) is 0. The Kier molecular flexibility index (Phi) is 53.0. The van der Waals surface area contributed by atoms with Gasteiger partial charge in [0, 0.05) is 9.17 Å². The van der Waals surface area contributed by atoms with Gasteiger partial charge in [-0.05, 0) is 0 Å². The molecule has 0 radical (unpaired) electrons. The van der Waals surface area contributed by atoms with Crippen molar-refractivity contribution in [3.05, 3.63) is 0 Å². The van der Waals surface area contributed by atoms with E-state index in [0.717, 1.165) is 0 Å². The van der Waals surface area contributed by atoms with Crippen molar-refractivity contribution in [1.29, 1.82) is 0 Å². The van der Waals surface area contributed by atoms with E-state index in [0.29, 0.717) is 0 Å². The fourth-order valence-electron chi connectivity index (χ4n) is 0. The third kappa shape index (κ3) is 107. The van der Waals surface area contributed by atoms with Gasteiger partial charge in [-0.15, -0.1) is 0 Å². The van der Waals surface area contributed by atoms with Crippen LogP contribution in [0.2, 0.25) is 0 Å². The summed E-state index contributed by atoms with van der Waals surface area (Å²) in [5.41, 5.74) is 0. The Morgan fingerprint density at radius 2 is 1.29 bits per heavy atom. The normalized spacial score (nSPS) is 3.43. The molecule has 0 saturated heterocycles. The van der Waals surface area contributed by atoms with Crippen LogP contribution in [0.1, 0.15) is 0 Å². The summed E-state index contributed by atoms with van der Waals surface area (Å²) in [4.78, 5) is 17.0. The first kappa shape index (κ1) is 23.7. The van der Waals surface area contributed by atoms with Crippen molar-refractivity contribution < 1.29 is 31.1 Å². The van der Waals surface area contributed by atoms with Crippen LogP contribution in [0.4, 0.5) is 0 Å². The van der Waals surface area contributed by atoms with Crippen LogP contribution in [-0.4, -0.2) is 49.6 Å². The summed E-state index contributed by atoms with van der Waals surface area (Å²) in [5, 5.41) is 0. The van der Waals surface area contributed by atoms with Gasteiger partial charge in [0.15, 0.2) is 0 Å². The Hall–Kier alpha value is 1.44. The number of hydrogen-bond acceptors (Lipinski definition) is 3. The van der Waals surface area contributed by atoms with Gasteiger partial charge in [0.2, 0.25) is 0 Å². The molecule has 0 atom stereocenters. The Bertz CT molecular complexity index is 37.9. The van der Waals surface area contributed by atoms with Crippen LogP contribution < -0.4 is 9.59 Å². The molecule has 0 N–H and O–H groups in total. The smallest absolute Gasteiger partial charge is 0.672 e. The van der Waals surface area contributed by atoms with E-state index in [-0.39, 0.29) is 57.5 Å². The number of hydrogen-bond donors (Lipinski definition) is 0. The SMILES string of the molecule is O=[Si]([O-])[O-].[Al+3].[Fe+2].[Mg+2]. The Morgan fingerprint density at radius 1 is 1.29 bits per heavy atom. The summed E-state index contributed by atoms with van der Waals surface area (Å²) < 4.78 is 8.52. The molecule has 30 valence electrons. The first-order valence-corrected chi connectivity index (χ1v) is 1.84. The van der Waals surface area contributed by atoms with Crippen molar-refractivity contribution in [2.75, 3.05) is 0 Å². The Labute approximate surface area is 80.2 Å². The van der Waals surface area contributed by atoms with Crippen LogP contribution in [0.15, 0.2) is 0 Å². The minimum Gasteiger partial charge on any atom is -0.672 e. The van der Waals surface area contributed by atoms with Crippen molar-refractivity contribution >= 4 is 49.6 Å². The predicted octanol–water partition coefficient (Wildman–Crippen LogP) is -3.64. The van der Waals surface area contributed by atoms with Crippen LogP contribution in [0.25, 0.3) is 0 Å². The number of rotatable bonds is 0. The fraction of sp³-hybridized carbons (Fsp3) is 0. The molecule has 0 aromatic heterocycles. The largest absolute Gasteiger partial charge is 3.00 e. The van der Waals surface area contributed by atoms with E-state index in [9.17, 15) is 0 Å². The molecule has 0 unspecified atom stereocenters. The summed E-state index contributed by atoms with van der Waals surface area (Å²) in [5.74, 6) is 0. The van der Waals surface area contributed by atoms with Gasteiger partial charge in [-0.1, -0.05) is 0 Å². The van der Waals surface area contributed by atoms with E-state index in [1.54, 1.807) is 0 Å². The van der Waals surface area contributed by atoms with Gasteiger partial charge < -0.3 is 14.1 Å². The van der Waals surface area contributed by atoms with Crippen LogP contribution in [0.3, 0.4) is 0 Å². The van der Waals surface area contributed by atoms with Crippen LogP contribution in [0, 0.1) is 0 Å². The fourth-order valence-corrected chi connectivity index (χ4v) is 0. The summed E-state index contributed by atoms with van der Waals surface area (Å²) >= 11 is 0. The van der Waals surface area contributed by atoms with Crippen molar-refractivity contribution in [3.8, 4) is 0 Å². The molecule has 0 rings (SSSR count). The monoisotopic (exact) mass is 183 g/mol. The zero-order valence-corrected chi connectivity index (χ0v) is 8.04. The average molecular weight is 183 g/mol. The summed E-state index contributed by atoms with van der Waals surface area (Å²) in [6, 6.07) is 0. The van der Waals surface area contributed by atoms with Crippen molar-refractivity contribution in [2.24, 2.45) is 0 Å². The molecule has 0 spiro atoms. The minimum absolute atomic E-state index is 0. The quantitative estimate of drug-likeness (QED) is 0.364. The minimum atomic E-state index is -3.63. The van der Waals surface area contributed by atoms with Crippen LogP contribution in [0.5, 0.6) is 0 Å². The van der Waals surface area contributed by atoms with E-state index in [4.69, 9.17) is 14.1 Å². The van der Waals surface area contributed by atoms with Gasteiger partial charge in [-0.25, -0.2) is 0 Å². The molecule has 0 bridgehead atoms. The summed E-state index contributed by atoms with van der Waals surface area (Å²) in [6.45, 7) is 0. The van der Waals surface area contributed by atoms with Crippen LogP contribution >= 0.6 is 0 Å². The van der Waals surface area contributed by atoms with E-state index < -0.39 is 9.17 Å². The first-order chi connectivity index (χ1) is 1.73. The maximum Gasteiger partial charge on any atom is 3.00 e. The van der Waals surface area contributed by atoms with Gasteiger partial charge >= 0.3 is 57.5 Å². The molecule has 0 aliphatic heterocycles. The molecular weight excluding hydrogens is 183 g/mol. The van der Waals surface area contributed by atoms with Gasteiger partial charge in [0.05, 0.1) is 0 Å². The Morgan fingerprint density at radius 3 is 1.29 bits per heavy atom. The maximum absolute atomic E-state index is 8.52. The molecule has 0 saturated carbocycles. The molecule has 7 heteroatoms. The third-order valence-corrected chi connectivity index (χ3v) is 0. The molecule has 3 nitrogen and oxygen atoms in total. The average Bonchev–Trinajstić information content (AvgIpc) is 0.811. The second kappa shape index (κ2) is 15.7.